The van der Waals surface area contributed by atoms with Crippen molar-refractivity contribution in [2.45, 2.75) is 45.8 Å². The van der Waals surface area contributed by atoms with Crippen LogP contribution in [0.25, 0.3) is 0 Å². The Hall–Kier alpha value is -1.07. The van der Waals surface area contributed by atoms with Crippen molar-refractivity contribution in [3.63, 3.8) is 0 Å². The van der Waals surface area contributed by atoms with Crippen molar-refractivity contribution in [2.75, 3.05) is 6.54 Å². The summed E-state index contributed by atoms with van der Waals surface area (Å²) in [6, 6.07) is 3.89. The Labute approximate surface area is 119 Å². The third-order valence-electron chi connectivity index (χ3n) is 3.21. The summed E-state index contributed by atoms with van der Waals surface area (Å²) < 4.78 is 0. The van der Waals surface area contributed by atoms with Crippen LogP contribution in [0.1, 0.15) is 44.5 Å². The lowest BCUT2D eigenvalue weighted by molar-refractivity contribution is 0.185. The SMILES string of the molecule is CCC(CC)C(NC(=O)NC[C@@H](C)O)c1cccs1. The molecule has 1 unspecified atom stereocenters. The molecule has 2 amide bonds. The molecule has 0 aliphatic carbocycles. The van der Waals surface area contributed by atoms with Crippen molar-refractivity contribution in [2.24, 2.45) is 5.92 Å². The van der Waals surface area contributed by atoms with Crippen LogP contribution >= 0.6 is 11.3 Å². The highest BCUT2D eigenvalue weighted by Crippen LogP contribution is 2.30. The molecule has 1 heterocycles. The molecule has 2 atom stereocenters. The van der Waals surface area contributed by atoms with Gasteiger partial charge < -0.3 is 15.7 Å². The van der Waals surface area contributed by atoms with Crippen LogP contribution in [0.4, 0.5) is 4.79 Å². The first kappa shape index (κ1) is 16.0. The van der Waals surface area contributed by atoms with E-state index in [0.29, 0.717) is 5.92 Å². The fraction of sp³-hybridized carbons (Fsp3) is 0.643. The zero-order valence-electron chi connectivity index (χ0n) is 11.8. The summed E-state index contributed by atoms with van der Waals surface area (Å²) in [4.78, 5) is 13.0. The number of amides is 2. The first-order valence-electron chi connectivity index (χ1n) is 6.84. The van der Waals surface area contributed by atoms with Gasteiger partial charge >= 0.3 is 6.03 Å². The van der Waals surface area contributed by atoms with Crippen molar-refractivity contribution < 1.29 is 9.90 Å². The van der Waals surface area contributed by atoms with E-state index in [-0.39, 0.29) is 18.6 Å². The summed E-state index contributed by atoms with van der Waals surface area (Å²) in [5.74, 6) is 0.427. The number of aliphatic hydroxyl groups excluding tert-OH is 1. The molecule has 0 bridgehead atoms. The highest BCUT2D eigenvalue weighted by molar-refractivity contribution is 7.10. The zero-order chi connectivity index (χ0) is 14.3. The maximum absolute atomic E-state index is 11.9. The van der Waals surface area contributed by atoms with E-state index in [1.165, 1.54) is 4.88 Å². The summed E-state index contributed by atoms with van der Waals surface area (Å²) in [6.07, 6.45) is 1.52. The van der Waals surface area contributed by atoms with Gasteiger partial charge in [0.05, 0.1) is 12.1 Å². The number of urea groups is 1. The third kappa shape index (κ3) is 5.20. The van der Waals surface area contributed by atoms with E-state index in [0.717, 1.165) is 12.8 Å². The molecule has 0 spiro atoms. The van der Waals surface area contributed by atoms with Gasteiger partial charge in [-0.1, -0.05) is 32.8 Å². The van der Waals surface area contributed by atoms with E-state index in [4.69, 9.17) is 0 Å². The normalized spacial score (nSPS) is 14.2. The second-order valence-electron chi connectivity index (χ2n) is 4.77. The number of nitrogens with one attached hydrogen (secondary N) is 2. The zero-order valence-corrected chi connectivity index (χ0v) is 12.7. The molecule has 1 aromatic heterocycles. The minimum atomic E-state index is -0.529. The molecule has 0 aliphatic rings. The van der Waals surface area contributed by atoms with E-state index in [2.05, 4.69) is 30.5 Å². The molecule has 5 heteroatoms. The number of carbonyl (C=O) groups is 1. The van der Waals surface area contributed by atoms with E-state index in [9.17, 15) is 9.90 Å². The molecule has 4 nitrogen and oxygen atoms in total. The average Bonchev–Trinajstić information content (AvgIpc) is 2.90. The van der Waals surface area contributed by atoms with Crippen molar-refractivity contribution in [1.29, 1.82) is 0 Å². The monoisotopic (exact) mass is 284 g/mol. The van der Waals surface area contributed by atoms with Gasteiger partial charge in [0.25, 0.3) is 0 Å². The summed E-state index contributed by atoms with van der Waals surface area (Å²) in [6.45, 7) is 6.21. The van der Waals surface area contributed by atoms with Gasteiger partial charge in [-0.2, -0.15) is 0 Å². The maximum Gasteiger partial charge on any atom is 0.315 e. The summed E-state index contributed by atoms with van der Waals surface area (Å²) in [5.41, 5.74) is 0. The van der Waals surface area contributed by atoms with Crippen LogP contribution in [0.5, 0.6) is 0 Å². The molecule has 0 aliphatic heterocycles. The smallest absolute Gasteiger partial charge is 0.315 e. The Morgan fingerprint density at radius 3 is 2.58 bits per heavy atom. The number of aliphatic hydroxyl groups is 1. The van der Waals surface area contributed by atoms with Gasteiger partial charge in [-0.3, -0.25) is 0 Å². The summed E-state index contributed by atoms with van der Waals surface area (Å²) >= 11 is 1.66. The van der Waals surface area contributed by atoms with Crippen molar-refractivity contribution in [3.05, 3.63) is 22.4 Å². The van der Waals surface area contributed by atoms with E-state index in [1.54, 1.807) is 18.3 Å². The minimum absolute atomic E-state index is 0.0454. The number of hydrogen-bond acceptors (Lipinski definition) is 3. The van der Waals surface area contributed by atoms with Crippen molar-refractivity contribution in [1.82, 2.24) is 10.6 Å². The van der Waals surface area contributed by atoms with Gasteiger partial charge in [-0.15, -0.1) is 11.3 Å². The quantitative estimate of drug-likeness (QED) is 0.721. The average molecular weight is 284 g/mol. The molecule has 0 aromatic carbocycles. The van der Waals surface area contributed by atoms with Gasteiger partial charge in [0, 0.05) is 11.4 Å². The molecular weight excluding hydrogens is 260 g/mol. The molecule has 108 valence electrons. The van der Waals surface area contributed by atoms with Crippen LogP contribution in [-0.2, 0) is 0 Å². The van der Waals surface area contributed by atoms with E-state index < -0.39 is 6.10 Å². The fourth-order valence-electron chi connectivity index (χ4n) is 2.08. The molecule has 3 N–H and O–H groups in total. The Kier molecular flexibility index (Phi) is 6.87. The minimum Gasteiger partial charge on any atom is -0.392 e. The largest absolute Gasteiger partial charge is 0.392 e. The number of thiophene rings is 1. The third-order valence-corrected chi connectivity index (χ3v) is 4.17. The first-order chi connectivity index (χ1) is 9.08. The van der Waals surface area contributed by atoms with E-state index >= 15 is 0 Å². The fourth-order valence-corrected chi connectivity index (χ4v) is 2.95. The molecule has 0 saturated heterocycles. The number of rotatable bonds is 7. The van der Waals surface area contributed by atoms with Gasteiger partial charge in [-0.05, 0) is 24.3 Å². The maximum atomic E-state index is 11.9. The van der Waals surface area contributed by atoms with Crippen LogP contribution in [0, 0.1) is 5.92 Å². The molecule has 1 aromatic rings. The van der Waals surface area contributed by atoms with Crippen LogP contribution in [0.3, 0.4) is 0 Å². The van der Waals surface area contributed by atoms with Gasteiger partial charge in [0.15, 0.2) is 0 Å². The summed E-state index contributed by atoms with van der Waals surface area (Å²) in [7, 11) is 0. The van der Waals surface area contributed by atoms with Crippen molar-refractivity contribution >= 4 is 17.4 Å². The van der Waals surface area contributed by atoms with Crippen LogP contribution in [-0.4, -0.2) is 23.8 Å². The summed E-state index contributed by atoms with van der Waals surface area (Å²) in [5, 5.41) is 16.9. The molecule has 0 radical (unpaired) electrons. The second kappa shape index (κ2) is 8.17. The van der Waals surface area contributed by atoms with Gasteiger partial charge in [0.1, 0.15) is 0 Å². The predicted molar refractivity (Wildman–Crippen MR) is 79.3 cm³/mol. The number of carbonyl (C=O) groups excluding carboxylic acids is 1. The lowest BCUT2D eigenvalue weighted by Gasteiger charge is -2.25. The Morgan fingerprint density at radius 1 is 1.42 bits per heavy atom. The van der Waals surface area contributed by atoms with Crippen molar-refractivity contribution in [3.8, 4) is 0 Å². The standard InChI is InChI=1S/C14H24N2O2S/c1-4-11(5-2)13(12-7-6-8-19-12)16-14(18)15-9-10(3)17/h6-8,10-11,13,17H,4-5,9H2,1-3H3,(H2,15,16,18)/t10-,13?/m1/s1. The van der Waals surface area contributed by atoms with E-state index in [1.807, 2.05) is 11.4 Å². The molecule has 0 saturated carbocycles. The van der Waals surface area contributed by atoms with Gasteiger partial charge in [-0.25, -0.2) is 4.79 Å². The molecular formula is C14H24N2O2S. The van der Waals surface area contributed by atoms with Crippen LogP contribution < -0.4 is 10.6 Å². The Morgan fingerprint density at radius 2 is 2.11 bits per heavy atom. The van der Waals surface area contributed by atoms with Crippen LogP contribution in [0.15, 0.2) is 17.5 Å². The van der Waals surface area contributed by atoms with Crippen LogP contribution in [0.2, 0.25) is 0 Å². The highest BCUT2D eigenvalue weighted by atomic mass is 32.1. The molecule has 19 heavy (non-hydrogen) atoms. The second-order valence-corrected chi connectivity index (χ2v) is 5.75. The molecule has 0 fully saturated rings. The lowest BCUT2D eigenvalue weighted by atomic mass is 9.93. The van der Waals surface area contributed by atoms with Gasteiger partial charge in [0.2, 0.25) is 0 Å². The Bertz CT molecular complexity index is 362. The molecule has 1 rings (SSSR count). The number of hydrogen-bond donors (Lipinski definition) is 3. The predicted octanol–water partition coefficient (Wildman–Crippen LogP) is 2.91. The highest BCUT2D eigenvalue weighted by Gasteiger charge is 2.23. The Balaban J connectivity index is 2.67. The lowest BCUT2D eigenvalue weighted by Crippen LogP contribution is -2.42. The first-order valence-corrected chi connectivity index (χ1v) is 7.72. The topological polar surface area (TPSA) is 61.4 Å².